The first-order valence-electron chi connectivity index (χ1n) is 9.31. The van der Waals surface area contributed by atoms with Crippen molar-refractivity contribution in [2.45, 2.75) is 48.8 Å². The minimum Gasteiger partial charge on any atom is -0.481 e. The largest absolute Gasteiger partial charge is 0.481 e. The van der Waals surface area contributed by atoms with Gasteiger partial charge in [0.05, 0.1) is 4.90 Å². The number of rotatable bonds is 7. The molecule has 0 saturated carbocycles. The average molecular weight is 440 g/mol. The molecule has 1 radical (unpaired) electrons. The lowest BCUT2D eigenvalue weighted by Gasteiger charge is -2.43. The molecule has 7 nitrogen and oxygen atoms in total. The smallest absolute Gasteiger partial charge is 0.263 e. The number of benzene rings is 1. The molecule has 9 heteroatoms. The molecule has 0 spiro atoms. The van der Waals surface area contributed by atoms with Gasteiger partial charge in [-0.1, -0.05) is 25.2 Å². The van der Waals surface area contributed by atoms with E-state index in [4.69, 9.17) is 9.94 Å². The number of nitrogens with one attached hydrogen (secondary N) is 1. The first-order chi connectivity index (χ1) is 13.7. The minimum absolute atomic E-state index is 0.0600. The number of thioether (sulfide) groups is 1. The summed E-state index contributed by atoms with van der Waals surface area (Å²) in [5, 5.41) is 9.10. The van der Waals surface area contributed by atoms with Crippen LogP contribution in [-0.4, -0.2) is 53.5 Å². The van der Waals surface area contributed by atoms with E-state index in [0.717, 1.165) is 23.6 Å². The van der Waals surface area contributed by atoms with Crippen LogP contribution < -0.4 is 10.2 Å². The summed E-state index contributed by atoms with van der Waals surface area (Å²) in [6, 6.07) is 5.00. The topological polar surface area (TPSA) is 95.9 Å². The van der Waals surface area contributed by atoms with Gasteiger partial charge in [-0.25, -0.2) is 13.9 Å². The third kappa shape index (κ3) is 5.89. The minimum atomic E-state index is -3.93. The molecule has 1 heterocycles. The van der Waals surface area contributed by atoms with Crippen molar-refractivity contribution < 1.29 is 23.2 Å². The zero-order valence-corrected chi connectivity index (χ0v) is 18.3. The molecule has 1 aromatic rings. The van der Waals surface area contributed by atoms with E-state index < -0.39 is 26.7 Å². The van der Waals surface area contributed by atoms with E-state index in [1.165, 1.54) is 23.9 Å². The Kier molecular flexibility index (Phi) is 8.40. The van der Waals surface area contributed by atoms with Gasteiger partial charge in [-0.15, -0.1) is 0 Å². The quantitative estimate of drug-likeness (QED) is 0.293. The standard InChI is InChI=1S/C20H27N2O5S2/c1-4-5-6-7-8-14-27-16-9-11-17(12-10-16)29(25,26)22-13-15-28-20(2,3)18(22)19(23)21-24/h9-12,18,24H,1,4-6,13-15H2,2-3H3,(H,21,23)/t18-/m0/s1. The summed E-state index contributed by atoms with van der Waals surface area (Å²) in [5.74, 6) is 6.20. The molecule has 1 fully saturated rings. The Morgan fingerprint density at radius 1 is 1.38 bits per heavy atom. The summed E-state index contributed by atoms with van der Waals surface area (Å²) >= 11 is 1.49. The van der Waals surface area contributed by atoms with Crippen LogP contribution in [0.3, 0.4) is 0 Å². The summed E-state index contributed by atoms with van der Waals surface area (Å²) in [7, 11) is -3.93. The van der Waals surface area contributed by atoms with Crippen LogP contribution in [0, 0.1) is 18.8 Å². The lowest BCUT2D eigenvalue weighted by molar-refractivity contribution is -0.134. The molecular weight excluding hydrogens is 412 g/mol. The fraction of sp³-hybridized carbons (Fsp3) is 0.500. The molecule has 29 heavy (non-hydrogen) atoms. The van der Waals surface area contributed by atoms with Gasteiger partial charge in [0.15, 0.2) is 0 Å². The molecule has 1 aliphatic heterocycles. The molecule has 0 aliphatic carbocycles. The van der Waals surface area contributed by atoms with Gasteiger partial charge < -0.3 is 4.74 Å². The Bertz CT molecular complexity index is 857. The van der Waals surface area contributed by atoms with Gasteiger partial charge in [0.2, 0.25) is 10.0 Å². The summed E-state index contributed by atoms with van der Waals surface area (Å²) < 4.78 is 32.3. The third-order valence-electron chi connectivity index (χ3n) is 4.51. The van der Waals surface area contributed by atoms with Gasteiger partial charge in [-0.3, -0.25) is 10.0 Å². The number of sulfonamides is 1. The molecule has 0 unspecified atom stereocenters. The maximum absolute atomic E-state index is 13.2. The Hall–Kier alpha value is -1.73. The molecule has 1 amide bonds. The predicted octanol–water partition coefficient (Wildman–Crippen LogP) is 2.46. The monoisotopic (exact) mass is 439 g/mol. The first-order valence-corrected chi connectivity index (χ1v) is 11.7. The van der Waals surface area contributed by atoms with Crippen molar-refractivity contribution in [3.8, 4) is 17.6 Å². The molecule has 2 rings (SSSR count). The highest BCUT2D eigenvalue weighted by Crippen LogP contribution is 2.38. The molecule has 2 N–H and O–H groups in total. The zero-order valence-electron chi connectivity index (χ0n) is 16.7. The van der Waals surface area contributed by atoms with Crippen molar-refractivity contribution in [3.63, 3.8) is 0 Å². The molecular formula is C20H27N2O5S2. The van der Waals surface area contributed by atoms with Crippen molar-refractivity contribution in [1.82, 2.24) is 9.79 Å². The number of carbonyl (C=O) groups is 1. The Balaban J connectivity index is 2.15. The van der Waals surface area contributed by atoms with Crippen molar-refractivity contribution in [2.24, 2.45) is 0 Å². The summed E-state index contributed by atoms with van der Waals surface area (Å²) in [6.45, 7) is 7.72. The number of carbonyl (C=O) groups excluding carboxylic acids is 1. The SMILES string of the molecule is [CH2]CCCC#CCOc1ccc(S(=O)(=O)N2CCSC(C)(C)[C@@H]2C(=O)NO)cc1. The summed E-state index contributed by atoms with van der Waals surface area (Å²) in [4.78, 5) is 12.3. The van der Waals surface area contributed by atoms with Crippen LogP contribution in [0.1, 0.15) is 33.1 Å². The van der Waals surface area contributed by atoms with Crippen LogP contribution in [0.5, 0.6) is 5.75 Å². The normalized spacial score (nSPS) is 19.1. The fourth-order valence-corrected chi connectivity index (χ4v) is 6.14. The second kappa shape index (κ2) is 10.3. The van der Waals surface area contributed by atoms with E-state index in [2.05, 4.69) is 18.8 Å². The molecule has 159 valence electrons. The number of hydrogen-bond acceptors (Lipinski definition) is 6. The van der Waals surface area contributed by atoms with Crippen molar-refractivity contribution >= 4 is 27.7 Å². The number of nitrogens with zero attached hydrogens (tertiary/aromatic N) is 1. The number of hydrogen-bond donors (Lipinski definition) is 2. The van der Waals surface area contributed by atoms with E-state index >= 15 is 0 Å². The molecule has 0 aromatic heterocycles. The van der Waals surface area contributed by atoms with Crippen LogP contribution >= 0.6 is 11.8 Å². The van der Waals surface area contributed by atoms with Gasteiger partial charge in [0, 0.05) is 23.5 Å². The van der Waals surface area contributed by atoms with E-state index in [0.29, 0.717) is 11.5 Å². The summed E-state index contributed by atoms with van der Waals surface area (Å²) in [5.41, 5.74) is 1.60. The number of unbranched alkanes of at least 4 members (excludes halogenated alkanes) is 2. The predicted molar refractivity (Wildman–Crippen MR) is 113 cm³/mol. The second-order valence-corrected chi connectivity index (χ2v) is 10.7. The van der Waals surface area contributed by atoms with E-state index in [-0.39, 0.29) is 18.0 Å². The van der Waals surface area contributed by atoms with Crippen molar-refractivity contribution in [1.29, 1.82) is 0 Å². The highest BCUT2D eigenvalue weighted by atomic mass is 32.2. The Morgan fingerprint density at radius 3 is 2.69 bits per heavy atom. The maximum Gasteiger partial charge on any atom is 0.263 e. The Labute approximate surface area is 177 Å². The average Bonchev–Trinajstić information content (AvgIpc) is 2.69. The van der Waals surface area contributed by atoms with Gasteiger partial charge in [0.1, 0.15) is 18.4 Å². The highest BCUT2D eigenvalue weighted by Gasteiger charge is 2.48. The lowest BCUT2D eigenvalue weighted by Crippen LogP contribution is -2.61. The molecule has 1 aliphatic rings. The fourth-order valence-electron chi connectivity index (χ4n) is 3.04. The Morgan fingerprint density at radius 2 is 2.07 bits per heavy atom. The number of amides is 1. The van der Waals surface area contributed by atoms with E-state index in [1.54, 1.807) is 31.5 Å². The summed E-state index contributed by atoms with van der Waals surface area (Å²) in [6.07, 6.45) is 2.57. The maximum atomic E-state index is 13.2. The third-order valence-corrected chi connectivity index (χ3v) is 7.74. The first kappa shape index (κ1) is 23.5. The van der Waals surface area contributed by atoms with Gasteiger partial charge >= 0.3 is 0 Å². The van der Waals surface area contributed by atoms with E-state index in [9.17, 15) is 13.2 Å². The lowest BCUT2D eigenvalue weighted by atomic mass is 10.0. The van der Waals surface area contributed by atoms with E-state index in [1.807, 2.05) is 0 Å². The molecule has 0 bridgehead atoms. The van der Waals surface area contributed by atoms with Gasteiger partial charge in [-0.05, 0) is 44.5 Å². The second-order valence-electron chi connectivity index (χ2n) is 7.02. The number of hydroxylamine groups is 1. The molecule has 1 atom stereocenters. The van der Waals surface area contributed by atoms with Crippen LogP contribution in [0.25, 0.3) is 0 Å². The van der Waals surface area contributed by atoms with Crippen LogP contribution in [-0.2, 0) is 14.8 Å². The van der Waals surface area contributed by atoms with Gasteiger partial charge in [0.25, 0.3) is 5.91 Å². The van der Waals surface area contributed by atoms with Crippen LogP contribution in [0.4, 0.5) is 0 Å². The zero-order chi connectivity index (χ0) is 21.5. The highest BCUT2D eigenvalue weighted by molar-refractivity contribution is 8.00. The van der Waals surface area contributed by atoms with Crippen molar-refractivity contribution in [2.75, 3.05) is 18.9 Å². The van der Waals surface area contributed by atoms with Crippen molar-refractivity contribution in [3.05, 3.63) is 31.2 Å². The molecule has 1 aromatic carbocycles. The van der Waals surface area contributed by atoms with Crippen LogP contribution in [0.2, 0.25) is 0 Å². The van der Waals surface area contributed by atoms with Gasteiger partial charge in [-0.2, -0.15) is 16.1 Å². The number of ether oxygens (including phenoxy) is 1. The van der Waals surface area contributed by atoms with Crippen LogP contribution in [0.15, 0.2) is 29.2 Å². The molecule has 1 saturated heterocycles.